The van der Waals surface area contributed by atoms with E-state index in [1.165, 1.54) is 12.1 Å². The van der Waals surface area contributed by atoms with Crippen molar-refractivity contribution in [2.24, 2.45) is 17.6 Å². The van der Waals surface area contributed by atoms with Crippen molar-refractivity contribution in [3.05, 3.63) is 23.8 Å². The molecule has 0 unspecified atom stereocenters. The van der Waals surface area contributed by atoms with Gasteiger partial charge in [0.25, 0.3) is 0 Å². The highest BCUT2D eigenvalue weighted by Crippen LogP contribution is 2.30. The van der Waals surface area contributed by atoms with Gasteiger partial charge in [0.15, 0.2) is 11.5 Å². The molecule has 0 fully saturated rings. The first-order chi connectivity index (χ1) is 16.3. The second kappa shape index (κ2) is 14.3. The SMILES string of the molecule is CCCOC(=O)O[C@@H](C)[C@H](C)OC(=O)[C@@H](N)Cc1ccc(OC(=O)C(C)C)c(OC(=O)C(C)C)c1. The summed E-state index contributed by atoms with van der Waals surface area (Å²) in [6, 6.07) is 3.54. The van der Waals surface area contributed by atoms with Crippen molar-refractivity contribution < 1.29 is 42.9 Å². The lowest BCUT2D eigenvalue weighted by Crippen LogP contribution is -2.39. The Morgan fingerprint density at radius 3 is 1.89 bits per heavy atom. The van der Waals surface area contributed by atoms with Gasteiger partial charge in [-0.05, 0) is 44.4 Å². The molecule has 0 aliphatic carbocycles. The minimum atomic E-state index is -1.05. The summed E-state index contributed by atoms with van der Waals surface area (Å²) in [6.45, 7) is 11.9. The van der Waals surface area contributed by atoms with Crippen molar-refractivity contribution >= 4 is 24.1 Å². The van der Waals surface area contributed by atoms with Gasteiger partial charge < -0.3 is 29.4 Å². The molecule has 0 aliphatic heterocycles. The van der Waals surface area contributed by atoms with Gasteiger partial charge in [-0.25, -0.2) is 4.79 Å². The maximum atomic E-state index is 12.5. The molecule has 0 amide bonds. The number of benzene rings is 1. The van der Waals surface area contributed by atoms with Gasteiger partial charge in [0.05, 0.1) is 18.4 Å². The molecule has 0 spiro atoms. The van der Waals surface area contributed by atoms with Gasteiger partial charge in [0, 0.05) is 0 Å². The molecule has 35 heavy (non-hydrogen) atoms. The molecule has 3 atom stereocenters. The van der Waals surface area contributed by atoms with Crippen LogP contribution in [0, 0.1) is 11.8 Å². The van der Waals surface area contributed by atoms with Gasteiger partial charge in [-0.15, -0.1) is 0 Å². The van der Waals surface area contributed by atoms with Gasteiger partial charge in [0.1, 0.15) is 18.2 Å². The molecule has 0 aliphatic rings. The standard InChI is InChI=1S/C25H37NO9/c1-8-11-31-25(30)33-17(7)16(6)32-24(29)19(26)12-18-9-10-20(34-22(27)14(2)3)21(13-18)35-23(28)15(4)5/h9-10,13-17,19H,8,11-12,26H2,1-7H3/t16-,17-,19-/m0/s1. The van der Waals surface area contributed by atoms with E-state index in [-0.39, 0.29) is 30.4 Å². The number of carbonyl (C=O) groups is 4. The Balaban J connectivity index is 2.87. The van der Waals surface area contributed by atoms with E-state index in [4.69, 9.17) is 29.4 Å². The van der Waals surface area contributed by atoms with E-state index in [1.807, 2.05) is 6.92 Å². The van der Waals surface area contributed by atoms with Crippen molar-refractivity contribution in [3.63, 3.8) is 0 Å². The lowest BCUT2D eigenvalue weighted by Gasteiger charge is -2.22. The zero-order chi connectivity index (χ0) is 26.7. The Labute approximate surface area is 206 Å². The highest BCUT2D eigenvalue weighted by molar-refractivity contribution is 5.78. The molecule has 10 nitrogen and oxygen atoms in total. The summed E-state index contributed by atoms with van der Waals surface area (Å²) in [4.78, 5) is 48.2. The zero-order valence-corrected chi connectivity index (χ0v) is 21.5. The summed E-state index contributed by atoms with van der Waals surface area (Å²) >= 11 is 0. The van der Waals surface area contributed by atoms with Gasteiger partial charge in [-0.1, -0.05) is 40.7 Å². The van der Waals surface area contributed by atoms with Crippen molar-refractivity contribution in [1.29, 1.82) is 0 Å². The molecule has 0 saturated heterocycles. The van der Waals surface area contributed by atoms with E-state index in [9.17, 15) is 19.2 Å². The number of hydrogen-bond donors (Lipinski definition) is 1. The van der Waals surface area contributed by atoms with Gasteiger partial charge in [0.2, 0.25) is 0 Å². The van der Waals surface area contributed by atoms with Gasteiger partial charge in [-0.3, -0.25) is 14.4 Å². The molecule has 10 heteroatoms. The lowest BCUT2D eigenvalue weighted by molar-refractivity contribution is -0.155. The van der Waals surface area contributed by atoms with Crippen LogP contribution in [0.5, 0.6) is 11.5 Å². The molecule has 0 aromatic heterocycles. The van der Waals surface area contributed by atoms with Gasteiger partial charge in [-0.2, -0.15) is 0 Å². The summed E-state index contributed by atoms with van der Waals surface area (Å²) < 4.78 is 26.0. The molecular weight excluding hydrogens is 458 g/mol. The average molecular weight is 496 g/mol. The van der Waals surface area contributed by atoms with Crippen LogP contribution in [0.2, 0.25) is 0 Å². The van der Waals surface area contributed by atoms with Crippen molar-refractivity contribution in [1.82, 2.24) is 0 Å². The van der Waals surface area contributed by atoms with Crippen LogP contribution in [0.4, 0.5) is 4.79 Å². The normalized spacial score (nSPS) is 13.5. The van der Waals surface area contributed by atoms with E-state index in [0.29, 0.717) is 12.0 Å². The molecule has 2 N–H and O–H groups in total. The molecule has 1 aromatic carbocycles. The fourth-order valence-electron chi connectivity index (χ4n) is 2.47. The van der Waals surface area contributed by atoms with E-state index >= 15 is 0 Å². The topological polar surface area (TPSA) is 140 Å². The van der Waals surface area contributed by atoms with E-state index in [0.717, 1.165) is 0 Å². The van der Waals surface area contributed by atoms with Crippen LogP contribution < -0.4 is 15.2 Å². The summed E-state index contributed by atoms with van der Waals surface area (Å²) in [6.07, 6.45) is -1.63. The third-order valence-electron chi connectivity index (χ3n) is 4.80. The number of rotatable bonds is 12. The fraction of sp³-hybridized carbons (Fsp3) is 0.600. The van der Waals surface area contributed by atoms with Crippen LogP contribution in [0.25, 0.3) is 0 Å². The van der Waals surface area contributed by atoms with Crippen molar-refractivity contribution in [2.45, 2.75) is 79.6 Å². The van der Waals surface area contributed by atoms with Crippen LogP contribution in [-0.4, -0.2) is 48.9 Å². The van der Waals surface area contributed by atoms with Crippen LogP contribution in [0.1, 0.15) is 60.5 Å². The van der Waals surface area contributed by atoms with Crippen molar-refractivity contribution in [2.75, 3.05) is 6.61 Å². The first kappa shape index (κ1) is 29.9. The average Bonchev–Trinajstić information content (AvgIpc) is 2.78. The Hall–Kier alpha value is -3.14. The number of carbonyl (C=O) groups excluding carboxylic acids is 4. The molecule has 1 rings (SSSR count). The smallest absolute Gasteiger partial charge is 0.458 e. The largest absolute Gasteiger partial charge is 0.508 e. The number of ether oxygens (including phenoxy) is 5. The molecule has 0 radical (unpaired) electrons. The summed E-state index contributed by atoms with van der Waals surface area (Å²) in [5.41, 5.74) is 6.58. The monoisotopic (exact) mass is 495 g/mol. The van der Waals surface area contributed by atoms with E-state index < -0.39 is 48.2 Å². The first-order valence-corrected chi connectivity index (χ1v) is 11.7. The molecule has 1 aromatic rings. The van der Waals surface area contributed by atoms with Crippen LogP contribution in [0.15, 0.2) is 18.2 Å². The molecule has 0 bridgehead atoms. The maximum absolute atomic E-state index is 12.5. The van der Waals surface area contributed by atoms with Crippen molar-refractivity contribution in [3.8, 4) is 11.5 Å². The molecular formula is C25H37NO9. The minimum absolute atomic E-state index is 0.0525. The van der Waals surface area contributed by atoms with Crippen LogP contribution >= 0.6 is 0 Å². The summed E-state index contributed by atoms with van der Waals surface area (Å²) in [7, 11) is 0. The number of hydrogen-bond acceptors (Lipinski definition) is 10. The summed E-state index contributed by atoms with van der Waals surface area (Å²) in [5.74, 6) is -2.34. The van der Waals surface area contributed by atoms with Crippen LogP contribution in [0.3, 0.4) is 0 Å². The molecule has 196 valence electrons. The lowest BCUT2D eigenvalue weighted by atomic mass is 10.1. The van der Waals surface area contributed by atoms with E-state index in [1.54, 1.807) is 47.6 Å². The fourth-order valence-corrected chi connectivity index (χ4v) is 2.47. The highest BCUT2D eigenvalue weighted by Gasteiger charge is 2.25. The second-order valence-electron chi connectivity index (χ2n) is 8.81. The third-order valence-corrected chi connectivity index (χ3v) is 4.80. The quantitative estimate of drug-likeness (QED) is 0.338. The zero-order valence-electron chi connectivity index (χ0n) is 21.5. The predicted octanol–water partition coefficient (Wildman–Crippen LogP) is 3.56. The maximum Gasteiger partial charge on any atom is 0.508 e. The Kier molecular flexibility index (Phi) is 12.2. The Bertz CT molecular complexity index is 882. The van der Waals surface area contributed by atoms with Gasteiger partial charge >= 0.3 is 24.1 Å². The minimum Gasteiger partial charge on any atom is -0.458 e. The Morgan fingerprint density at radius 1 is 0.800 bits per heavy atom. The predicted molar refractivity (Wildman–Crippen MR) is 127 cm³/mol. The second-order valence-corrected chi connectivity index (χ2v) is 8.81. The molecule has 0 heterocycles. The van der Waals surface area contributed by atoms with Crippen LogP contribution in [-0.2, 0) is 35.0 Å². The number of nitrogens with two attached hydrogens (primary N) is 1. The summed E-state index contributed by atoms with van der Waals surface area (Å²) in [5, 5.41) is 0. The van der Waals surface area contributed by atoms with E-state index in [2.05, 4.69) is 0 Å². The Morgan fingerprint density at radius 2 is 1.34 bits per heavy atom. The first-order valence-electron chi connectivity index (χ1n) is 11.7. The third kappa shape index (κ3) is 10.3. The highest BCUT2D eigenvalue weighted by atomic mass is 16.7. The number of esters is 3. The molecule has 0 saturated carbocycles.